The Kier molecular flexibility index (Phi) is 23.3. The lowest BCUT2D eigenvalue weighted by Crippen LogP contribution is -2.61. The predicted octanol–water partition coefficient (Wildman–Crippen LogP) is -5.03. The van der Waals surface area contributed by atoms with Crippen molar-refractivity contribution in [3.63, 3.8) is 0 Å². The fraction of sp³-hybridized carbons (Fsp3) is 0.605. The lowest BCUT2D eigenvalue weighted by molar-refractivity contribution is -0.142. The van der Waals surface area contributed by atoms with E-state index in [1.54, 1.807) is 6.92 Å². The lowest BCUT2D eigenvalue weighted by atomic mass is 9.96. The van der Waals surface area contributed by atoms with E-state index in [9.17, 15) is 67.7 Å². The van der Waals surface area contributed by atoms with Gasteiger partial charge in [-0.2, -0.15) is 0 Å². The van der Waals surface area contributed by atoms with Gasteiger partial charge in [-0.1, -0.05) is 20.3 Å². The minimum absolute atomic E-state index is 0.156. The van der Waals surface area contributed by atoms with E-state index in [0.717, 1.165) is 6.92 Å². The Labute approximate surface area is 372 Å². The number of carboxylic acid groups (broad SMARTS) is 3. The summed E-state index contributed by atoms with van der Waals surface area (Å²) >= 11 is 0. The molecule has 0 saturated heterocycles. The van der Waals surface area contributed by atoms with E-state index in [-0.39, 0.29) is 12.8 Å². The van der Waals surface area contributed by atoms with Gasteiger partial charge in [0.25, 0.3) is 0 Å². The predicted molar refractivity (Wildman–Crippen MR) is 223 cm³/mol. The molecule has 0 bridgehead atoms. The third-order valence-corrected chi connectivity index (χ3v) is 9.65. The van der Waals surface area contributed by atoms with Crippen LogP contribution >= 0.6 is 0 Å². The van der Waals surface area contributed by atoms with Crippen molar-refractivity contribution in [1.82, 2.24) is 52.5 Å². The molecule has 10 unspecified atom stereocenters. The zero-order valence-corrected chi connectivity index (χ0v) is 36.7. The summed E-state index contributed by atoms with van der Waals surface area (Å²) < 4.78 is 0. The summed E-state index contributed by atoms with van der Waals surface area (Å²) in [4.78, 5) is 159. The van der Waals surface area contributed by atoms with Crippen molar-refractivity contribution in [2.75, 3.05) is 0 Å². The fourth-order valence-electron chi connectivity index (χ4n) is 5.56. The largest absolute Gasteiger partial charge is 0.481 e. The number of hydrogen-bond acceptors (Lipinski definition) is 14. The number of H-pyrrole nitrogens is 1. The van der Waals surface area contributed by atoms with Gasteiger partial charge in [-0.15, -0.1) is 0 Å². The first kappa shape index (κ1) is 55.8. The van der Waals surface area contributed by atoms with Crippen LogP contribution < -0.4 is 54.0 Å². The molecule has 362 valence electrons. The van der Waals surface area contributed by atoms with Crippen molar-refractivity contribution in [2.24, 2.45) is 17.4 Å². The summed E-state index contributed by atoms with van der Waals surface area (Å²) in [6.07, 6.45) is -0.523. The number of nitrogens with two attached hydrogens (primary N) is 2. The van der Waals surface area contributed by atoms with E-state index in [2.05, 4.69) is 52.5 Å². The summed E-state index contributed by atoms with van der Waals surface area (Å²) in [5, 5.41) is 46.3. The molecule has 65 heavy (non-hydrogen) atoms. The maximum atomic E-state index is 13.8. The molecule has 1 aromatic heterocycles. The van der Waals surface area contributed by atoms with Gasteiger partial charge in [-0.25, -0.2) is 4.98 Å². The van der Waals surface area contributed by atoms with Crippen LogP contribution in [0.3, 0.4) is 0 Å². The van der Waals surface area contributed by atoms with Gasteiger partial charge < -0.3 is 74.3 Å². The van der Waals surface area contributed by atoms with Crippen LogP contribution in [0.15, 0.2) is 12.5 Å². The second kappa shape index (κ2) is 27.1. The molecule has 0 aromatic carbocycles. The molecule has 1 rings (SSSR count). The van der Waals surface area contributed by atoms with Crippen molar-refractivity contribution >= 4 is 71.1 Å². The molecular weight excluding hydrogens is 864 g/mol. The molecule has 1 heterocycles. The zero-order valence-electron chi connectivity index (χ0n) is 36.7. The van der Waals surface area contributed by atoms with Crippen molar-refractivity contribution < 1.29 is 72.9 Å². The molecule has 0 spiro atoms. The number of aliphatic carboxylic acids is 3. The zero-order chi connectivity index (χ0) is 49.7. The number of rotatable bonds is 29. The second-order valence-corrected chi connectivity index (χ2v) is 15.3. The van der Waals surface area contributed by atoms with Gasteiger partial charge in [0.05, 0.1) is 18.8 Å². The van der Waals surface area contributed by atoms with Gasteiger partial charge in [-0.05, 0) is 46.5 Å². The molecule has 9 amide bonds. The van der Waals surface area contributed by atoms with E-state index in [1.807, 2.05) is 0 Å². The summed E-state index contributed by atoms with van der Waals surface area (Å²) in [6.45, 7) is 8.22. The van der Waals surface area contributed by atoms with Gasteiger partial charge in [0.15, 0.2) is 0 Å². The standard InChI is InChI=1S/C38H60N12O15/c1-7-16(2)29(37(63)49-25(13-26(40)51)36(62)47-22(8-10-27(52)53)33(59)45-20(6)38(64)65)50-34(60)23(9-11-28(54)55)46-31(57)19(5)44-35(61)24(12-21-14-41-15-42-21)48-32(58)18(4)43-30(56)17(3)39/h14-20,22-25,29H,7-13,39H2,1-6H3,(H2,40,51)(H,41,42)(H,43,56)(H,44,61)(H,45,59)(H,46,57)(H,47,62)(H,48,58)(H,49,63)(H,50,60)(H,52,53)(H,54,55)(H,64,65). The molecule has 1 aromatic rings. The normalized spacial score (nSPS) is 15.5. The van der Waals surface area contributed by atoms with E-state index < -0.39 is 163 Å². The number of nitrogens with one attached hydrogen (secondary N) is 9. The number of hydrogen-bond donors (Lipinski definition) is 14. The first-order valence-corrected chi connectivity index (χ1v) is 20.4. The number of carbonyl (C=O) groups excluding carboxylic acids is 9. The fourth-order valence-corrected chi connectivity index (χ4v) is 5.56. The Hall–Kier alpha value is -7.19. The molecule has 0 saturated carbocycles. The number of carbonyl (C=O) groups is 12. The Morgan fingerprint density at radius 1 is 0.585 bits per heavy atom. The number of nitrogens with zero attached hydrogens (tertiary/aromatic N) is 1. The molecule has 0 aliphatic rings. The number of amides is 9. The van der Waals surface area contributed by atoms with E-state index in [1.165, 1.54) is 40.2 Å². The first-order chi connectivity index (χ1) is 30.3. The Balaban J connectivity index is 3.32. The maximum absolute atomic E-state index is 13.8. The molecule has 0 fully saturated rings. The van der Waals surface area contributed by atoms with Crippen LogP contribution in [-0.4, -0.2) is 151 Å². The third-order valence-electron chi connectivity index (χ3n) is 9.65. The smallest absolute Gasteiger partial charge is 0.325 e. The van der Waals surface area contributed by atoms with Crippen LogP contribution in [-0.2, 0) is 64.0 Å². The molecule has 16 N–H and O–H groups in total. The molecule has 0 aliphatic carbocycles. The summed E-state index contributed by atoms with van der Waals surface area (Å²) in [5.74, 6) is -13.8. The van der Waals surface area contributed by atoms with Gasteiger partial charge in [0, 0.05) is 31.2 Å². The second-order valence-electron chi connectivity index (χ2n) is 15.3. The lowest BCUT2D eigenvalue weighted by Gasteiger charge is -2.29. The molecule has 10 atom stereocenters. The van der Waals surface area contributed by atoms with Crippen molar-refractivity contribution in [3.8, 4) is 0 Å². The van der Waals surface area contributed by atoms with Crippen molar-refractivity contribution in [1.29, 1.82) is 0 Å². The molecule has 0 aliphatic heterocycles. The minimum atomic E-state index is -1.83. The number of imidazole rings is 1. The Morgan fingerprint density at radius 3 is 1.46 bits per heavy atom. The van der Waals surface area contributed by atoms with Gasteiger partial charge in [-0.3, -0.25) is 57.5 Å². The molecule has 27 heteroatoms. The van der Waals surface area contributed by atoms with Crippen LogP contribution in [0.2, 0.25) is 0 Å². The van der Waals surface area contributed by atoms with Crippen LogP contribution in [0, 0.1) is 5.92 Å². The Morgan fingerprint density at radius 2 is 1.02 bits per heavy atom. The van der Waals surface area contributed by atoms with Crippen molar-refractivity contribution in [3.05, 3.63) is 18.2 Å². The van der Waals surface area contributed by atoms with Gasteiger partial charge in [0.1, 0.15) is 48.3 Å². The summed E-state index contributed by atoms with van der Waals surface area (Å²) in [5.41, 5.74) is 11.3. The maximum Gasteiger partial charge on any atom is 0.325 e. The highest BCUT2D eigenvalue weighted by molar-refractivity contribution is 5.99. The number of aromatic nitrogens is 2. The summed E-state index contributed by atoms with van der Waals surface area (Å²) in [6, 6.07) is -13.0. The van der Waals surface area contributed by atoms with Crippen LogP contribution in [0.5, 0.6) is 0 Å². The Bertz CT molecular complexity index is 1890. The third kappa shape index (κ3) is 20.2. The monoisotopic (exact) mass is 924 g/mol. The highest BCUT2D eigenvalue weighted by Crippen LogP contribution is 2.12. The highest BCUT2D eigenvalue weighted by atomic mass is 16.4. The minimum Gasteiger partial charge on any atom is -0.481 e. The molecule has 0 radical (unpaired) electrons. The van der Waals surface area contributed by atoms with Gasteiger partial charge >= 0.3 is 17.9 Å². The summed E-state index contributed by atoms with van der Waals surface area (Å²) in [7, 11) is 0. The highest BCUT2D eigenvalue weighted by Gasteiger charge is 2.36. The van der Waals surface area contributed by atoms with E-state index >= 15 is 0 Å². The van der Waals surface area contributed by atoms with Crippen LogP contribution in [0.25, 0.3) is 0 Å². The average molecular weight is 925 g/mol. The number of carboxylic acids is 3. The first-order valence-electron chi connectivity index (χ1n) is 20.4. The molecular formula is C38H60N12O15. The van der Waals surface area contributed by atoms with Crippen molar-refractivity contribution in [2.45, 2.75) is 141 Å². The van der Waals surface area contributed by atoms with Crippen LogP contribution in [0.1, 0.15) is 85.8 Å². The number of primary amides is 1. The van der Waals surface area contributed by atoms with E-state index in [4.69, 9.17) is 16.6 Å². The molecule has 27 nitrogen and oxygen atoms in total. The topological polar surface area (TPSA) is 442 Å². The van der Waals surface area contributed by atoms with E-state index in [0.29, 0.717) is 5.69 Å². The average Bonchev–Trinajstić information content (AvgIpc) is 3.74. The van der Waals surface area contributed by atoms with Crippen LogP contribution in [0.4, 0.5) is 0 Å². The SMILES string of the molecule is CCC(C)C(NC(=O)C(CCC(=O)O)NC(=O)C(C)NC(=O)C(Cc1cnc[nH]1)NC(=O)C(C)NC(=O)C(C)N)C(=O)NC(CC(N)=O)C(=O)NC(CCC(=O)O)C(=O)NC(C)C(=O)O. The quantitative estimate of drug-likeness (QED) is 0.0358. The number of aromatic amines is 1. The van der Waals surface area contributed by atoms with Gasteiger partial charge in [0.2, 0.25) is 53.2 Å².